The van der Waals surface area contributed by atoms with Crippen LogP contribution in [0.1, 0.15) is 11.6 Å². The lowest BCUT2D eigenvalue weighted by molar-refractivity contribution is -0.118. The van der Waals surface area contributed by atoms with Crippen LogP contribution in [0, 0.1) is 5.82 Å². The van der Waals surface area contributed by atoms with Crippen LogP contribution in [0.2, 0.25) is 5.02 Å². The lowest BCUT2D eigenvalue weighted by Gasteiger charge is -2.20. The average molecular weight is 309 g/mol. The zero-order valence-corrected chi connectivity index (χ0v) is 12.0. The first-order valence-corrected chi connectivity index (χ1v) is 6.54. The van der Waals surface area contributed by atoms with Gasteiger partial charge in [-0.05, 0) is 30.3 Å². The summed E-state index contributed by atoms with van der Waals surface area (Å²) in [7, 11) is 1.47. The van der Waals surface area contributed by atoms with Gasteiger partial charge in [0.2, 0.25) is 5.91 Å². The molecule has 1 atom stereocenters. The van der Waals surface area contributed by atoms with E-state index in [1.165, 1.54) is 25.3 Å². The fourth-order valence-electron chi connectivity index (χ4n) is 2.01. The minimum absolute atomic E-state index is 0.335. The van der Waals surface area contributed by atoms with E-state index in [4.69, 9.17) is 22.1 Å². The number of anilines is 1. The van der Waals surface area contributed by atoms with E-state index in [9.17, 15) is 9.18 Å². The second-order valence-electron chi connectivity index (χ2n) is 4.35. The third-order valence-electron chi connectivity index (χ3n) is 2.94. The Morgan fingerprint density at radius 1 is 1.33 bits per heavy atom. The predicted molar refractivity (Wildman–Crippen MR) is 80.0 cm³/mol. The molecule has 0 aliphatic heterocycles. The normalized spacial score (nSPS) is 11.8. The maximum atomic E-state index is 13.2. The Bertz CT molecular complexity index is 664. The monoisotopic (exact) mass is 308 g/mol. The average Bonchev–Trinajstić information content (AvgIpc) is 2.45. The van der Waals surface area contributed by atoms with Crippen LogP contribution >= 0.6 is 11.6 Å². The molecule has 0 saturated carbocycles. The summed E-state index contributed by atoms with van der Waals surface area (Å²) in [6.07, 6.45) is 0. The molecule has 2 aromatic carbocycles. The van der Waals surface area contributed by atoms with Crippen molar-refractivity contribution in [2.24, 2.45) is 5.73 Å². The number of amides is 1. The molecule has 0 radical (unpaired) electrons. The van der Waals surface area contributed by atoms with E-state index in [2.05, 4.69) is 5.32 Å². The third-order valence-corrected chi connectivity index (χ3v) is 3.27. The molecule has 0 aliphatic rings. The number of carbonyl (C=O) groups excluding carboxylic acids is 1. The van der Waals surface area contributed by atoms with Crippen LogP contribution in [0.15, 0.2) is 42.5 Å². The highest BCUT2D eigenvalue weighted by atomic mass is 35.5. The standard InChI is InChI=1S/C15H14ClFN2O2/c1-21-12-7-3-6-11(16)13(12)14(15(18)20)19-10-5-2-4-9(17)8-10/h2-8,14,19H,1H3,(H2,18,20). The van der Waals surface area contributed by atoms with Gasteiger partial charge in [0.15, 0.2) is 0 Å². The molecule has 0 heterocycles. The van der Waals surface area contributed by atoms with Crippen LogP contribution in [0.4, 0.5) is 10.1 Å². The molecule has 1 amide bonds. The van der Waals surface area contributed by atoms with E-state index in [1.54, 1.807) is 24.3 Å². The van der Waals surface area contributed by atoms with Crippen LogP contribution < -0.4 is 15.8 Å². The van der Waals surface area contributed by atoms with Crippen LogP contribution in [0.3, 0.4) is 0 Å². The van der Waals surface area contributed by atoms with Crippen molar-refractivity contribution in [3.8, 4) is 5.75 Å². The molecule has 2 rings (SSSR count). The quantitative estimate of drug-likeness (QED) is 0.892. The van der Waals surface area contributed by atoms with Crippen molar-refractivity contribution in [1.82, 2.24) is 0 Å². The Hall–Kier alpha value is -2.27. The summed E-state index contributed by atoms with van der Waals surface area (Å²) in [6.45, 7) is 0. The minimum Gasteiger partial charge on any atom is -0.496 e. The Kier molecular flexibility index (Phi) is 4.65. The molecule has 0 aliphatic carbocycles. The van der Waals surface area contributed by atoms with Gasteiger partial charge in [0, 0.05) is 11.3 Å². The van der Waals surface area contributed by atoms with Gasteiger partial charge in [0.1, 0.15) is 17.6 Å². The highest BCUT2D eigenvalue weighted by Crippen LogP contribution is 2.34. The van der Waals surface area contributed by atoms with Gasteiger partial charge >= 0.3 is 0 Å². The summed E-state index contributed by atoms with van der Waals surface area (Å²) >= 11 is 6.14. The van der Waals surface area contributed by atoms with Crippen LogP contribution in [0.5, 0.6) is 5.75 Å². The topological polar surface area (TPSA) is 64.3 Å². The number of methoxy groups -OCH3 is 1. The summed E-state index contributed by atoms with van der Waals surface area (Å²) in [5.41, 5.74) is 6.27. The Labute approximate surface area is 126 Å². The van der Waals surface area contributed by atoms with Crippen LogP contribution in [-0.4, -0.2) is 13.0 Å². The smallest absolute Gasteiger partial charge is 0.244 e. The molecule has 2 aromatic rings. The molecule has 4 nitrogen and oxygen atoms in total. The fraction of sp³-hybridized carbons (Fsp3) is 0.133. The van der Waals surface area contributed by atoms with Crippen LogP contribution in [0.25, 0.3) is 0 Å². The SMILES string of the molecule is COc1cccc(Cl)c1C(Nc1cccc(F)c1)C(N)=O. The number of rotatable bonds is 5. The van der Waals surface area contributed by atoms with Crippen molar-refractivity contribution >= 4 is 23.2 Å². The number of halogens is 2. The van der Waals surface area contributed by atoms with Crippen molar-refractivity contribution in [3.63, 3.8) is 0 Å². The van der Waals surface area contributed by atoms with Crippen molar-refractivity contribution in [3.05, 3.63) is 58.9 Å². The summed E-state index contributed by atoms with van der Waals surface area (Å²) in [5, 5.41) is 3.21. The molecule has 0 bridgehead atoms. The van der Waals surface area contributed by atoms with Crippen molar-refractivity contribution in [1.29, 1.82) is 0 Å². The summed E-state index contributed by atoms with van der Waals surface area (Å²) in [4.78, 5) is 11.8. The molecule has 3 N–H and O–H groups in total. The van der Waals surface area contributed by atoms with Gasteiger partial charge in [-0.25, -0.2) is 4.39 Å². The summed E-state index contributed by atoms with van der Waals surface area (Å²) in [5.74, 6) is -0.643. The van der Waals surface area contributed by atoms with E-state index in [0.717, 1.165) is 0 Å². The van der Waals surface area contributed by atoms with E-state index in [1.807, 2.05) is 0 Å². The first kappa shape index (κ1) is 15.1. The zero-order valence-electron chi connectivity index (χ0n) is 11.3. The van der Waals surface area contributed by atoms with Gasteiger partial charge in [-0.2, -0.15) is 0 Å². The first-order valence-electron chi connectivity index (χ1n) is 6.16. The molecule has 21 heavy (non-hydrogen) atoms. The number of ether oxygens (including phenoxy) is 1. The van der Waals surface area contributed by atoms with Gasteiger partial charge in [-0.15, -0.1) is 0 Å². The van der Waals surface area contributed by atoms with Crippen LogP contribution in [-0.2, 0) is 4.79 Å². The minimum atomic E-state index is -0.935. The molecule has 110 valence electrons. The van der Waals surface area contributed by atoms with E-state index >= 15 is 0 Å². The third kappa shape index (κ3) is 3.44. The molecule has 6 heteroatoms. The fourth-order valence-corrected chi connectivity index (χ4v) is 2.28. The molecular formula is C15H14ClFN2O2. The predicted octanol–water partition coefficient (Wildman–Crippen LogP) is 3.13. The van der Waals surface area contributed by atoms with E-state index in [0.29, 0.717) is 22.0 Å². The largest absolute Gasteiger partial charge is 0.496 e. The number of hydrogen-bond acceptors (Lipinski definition) is 3. The van der Waals surface area contributed by atoms with Gasteiger partial charge in [0.05, 0.1) is 12.1 Å². The maximum absolute atomic E-state index is 13.2. The van der Waals surface area contributed by atoms with Gasteiger partial charge in [0.25, 0.3) is 0 Å². The second kappa shape index (κ2) is 6.45. The van der Waals surface area contributed by atoms with Crippen molar-refractivity contribution in [2.45, 2.75) is 6.04 Å². The number of carbonyl (C=O) groups is 1. The lowest BCUT2D eigenvalue weighted by atomic mass is 10.0. The zero-order chi connectivity index (χ0) is 15.4. The maximum Gasteiger partial charge on any atom is 0.244 e. The molecule has 1 unspecified atom stereocenters. The Morgan fingerprint density at radius 3 is 2.67 bits per heavy atom. The summed E-state index contributed by atoms with van der Waals surface area (Å²) in [6, 6.07) is 9.79. The van der Waals surface area contributed by atoms with Gasteiger partial charge < -0.3 is 15.8 Å². The molecule has 0 aromatic heterocycles. The molecule has 0 fully saturated rings. The number of benzene rings is 2. The number of hydrogen-bond donors (Lipinski definition) is 2. The van der Waals surface area contributed by atoms with Gasteiger partial charge in [-0.1, -0.05) is 23.7 Å². The molecule has 0 saturated heterocycles. The lowest BCUT2D eigenvalue weighted by Crippen LogP contribution is -2.28. The van der Waals surface area contributed by atoms with Crippen molar-refractivity contribution in [2.75, 3.05) is 12.4 Å². The Morgan fingerprint density at radius 2 is 2.05 bits per heavy atom. The van der Waals surface area contributed by atoms with E-state index in [-0.39, 0.29) is 0 Å². The summed E-state index contributed by atoms with van der Waals surface area (Å²) < 4.78 is 18.5. The highest BCUT2D eigenvalue weighted by Gasteiger charge is 2.24. The van der Waals surface area contributed by atoms with E-state index < -0.39 is 17.8 Å². The van der Waals surface area contributed by atoms with Gasteiger partial charge in [-0.3, -0.25) is 4.79 Å². The Balaban J connectivity index is 2.43. The number of primary amides is 1. The second-order valence-corrected chi connectivity index (χ2v) is 4.75. The number of nitrogens with one attached hydrogen (secondary N) is 1. The number of nitrogens with two attached hydrogens (primary N) is 1. The first-order chi connectivity index (χ1) is 10.0. The highest BCUT2D eigenvalue weighted by molar-refractivity contribution is 6.32. The molecule has 0 spiro atoms. The van der Waals surface area contributed by atoms with Crippen molar-refractivity contribution < 1.29 is 13.9 Å². The molecular weight excluding hydrogens is 295 g/mol.